The summed E-state index contributed by atoms with van der Waals surface area (Å²) in [5.74, 6) is 0.319. The lowest BCUT2D eigenvalue weighted by molar-refractivity contribution is -0.150. The van der Waals surface area contributed by atoms with E-state index in [4.69, 9.17) is 9.15 Å². The van der Waals surface area contributed by atoms with E-state index in [-0.39, 0.29) is 17.8 Å². The fraction of sp³-hybridized carbons (Fsp3) is 0.500. The van der Waals surface area contributed by atoms with Gasteiger partial charge in [0.25, 0.3) is 0 Å². The van der Waals surface area contributed by atoms with Crippen molar-refractivity contribution < 1.29 is 18.7 Å². The molecule has 0 unspecified atom stereocenters. The summed E-state index contributed by atoms with van der Waals surface area (Å²) in [5, 5.41) is 0. The monoisotopic (exact) mass is 237 g/mol. The van der Waals surface area contributed by atoms with Crippen molar-refractivity contribution in [1.82, 2.24) is 4.90 Å². The van der Waals surface area contributed by atoms with Crippen LogP contribution >= 0.6 is 0 Å². The van der Waals surface area contributed by atoms with Crippen LogP contribution in [0.4, 0.5) is 0 Å². The highest BCUT2D eigenvalue weighted by atomic mass is 16.5. The Balaban J connectivity index is 2.00. The van der Waals surface area contributed by atoms with Gasteiger partial charge in [0.05, 0.1) is 25.8 Å². The van der Waals surface area contributed by atoms with Crippen molar-refractivity contribution in [2.45, 2.75) is 19.4 Å². The second-order valence-electron chi connectivity index (χ2n) is 4.11. The molecule has 0 saturated carbocycles. The van der Waals surface area contributed by atoms with Crippen LogP contribution in [0.2, 0.25) is 0 Å². The number of hydrogen-bond donors (Lipinski definition) is 0. The molecule has 5 heteroatoms. The maximum Gasteiger partial charge on any atom is 0.310 e. The molecule has 17 heavy (non-hydrogen) atoms. The molecule has 1 saturated heterocycles. The van der Waals surface area contributed by atoms with Crippen LogP contribution in [-0.2, 0) is 20.9 Å². The third kappa shape index (κ3) is 2.67. The van der Waals surface area contributed by atoms with Gasteiger partial charge >= 0.3 is 5.97 Å². The normalized spacial score (nSPS) is 20.4. The number of furan rings is 1. The van der Waals surface area contributed by atoms with Crippen LogP contribution in [0.25, 0.3) is 0 Å². The molecule has 1 aromatic heterocycles. The number of rotatable bonds is 3. The molecule has 5 nitrogen and oxygen atoms in total. The highest BCUT2D eigenvalue weighted by Gasteiger charge is 2.31. The molecule has 1 aromatic rings. The predicted molar refractivity (Wildman–Crippen MR) is 58.9 cm³/mol. The van der Waals surface area contributed by atoms with E-state index < -0.39 is 0 Å². The Bertz CT molecular complexity index is 399. The zero-order chi connectivity index (χ0) is 12.3. The van der Waals surface area contributed by atoms with E-state index in [0.29, 0.717) is 25.9 Å². The maximum atomic E-state index is 11.7. The van der Waals surface area contributed by atoms with Crippen molar-refractivity contribution in [2.75, 3.05) is 13.7 Å². The Hall–Kier alpha value is -1.78. The lowest BCUT2D eigenvalue weighted by atomic mass is 9.97. The largest absolute Gasteiger partial charge is 0.469 e. The molecule has 0 N–H and O–H groups in total. The molecular weight excluding hydrogens is 222 g/mol. The number of ether oxygens (including phenoxy) is 1. The van der Waals surface area contributed by atoms with Crippen molar-refractivity contribution in [2.24, 2.45) is 5.92 Å². The summed E-state index contributed by atoms with van der Waals surface area (Å²) in [5.41, 5.74) is 0. The highest BCUT2D eigenvalue weighted by molar-refractivity contribution is 5.81. The molecule has 2 rings (SSSR count). The fourth-order valence-electron chi connectivity index (χ4n) is 2.02. The third-order valence-corrected chi connectivity index (χ3v) is 2.96. The smallest absolute Gasteiger partial charge is 0.310 e. The van der Waals surface area contributed by atoms with Crippen molar-refractivity contribution in [1.29, 1.82) is 0 Å². The van der Waals surface area contributed by atoms with E-state index in [0.717, 1.165) is 5.76 Å². The molecule has 0 aliphatic carbocycles. The zero-order valence-electron chi connectivity index (χ0n) is 9.72. The summed E-state index contributed by atoms with van der Waals surface area (Å²) in [6.45, 7) is 0.825. The average molecular weight is 237 g/mol. The molecule has 92 valence electrons. The maximum absolute atomic E-state index is 11.7. The molecule has 0 radical (unpaired) electrons. The van der Waals surface area contributed by atoms with Gasteiger partial charge in [-0.05, 0) is 18.6 Å². The van der Waals surface area contributed by atoms with Crippen molar-refractivity contribution in [3.05, 3.63) is 24.2 Å². The van der Waals surface area contributed by atoms with Gasteiger partial charge in [0, 0.05) is 13.0 Å². The molecular formula is C12H15NO4. The minimum absolute atomic E-state index is 0.0570. The Morgan fingerprint density at radius 2 is 2.47 bits per heavy atom. The topological polar surface area (TPSA) is 59.8 Å². The quantitative estimate of drug-likeness (QED) is 0.741. The SMILES string of the molecule is COC(=O)[C@H]1CCC(=O)N(Cc2ccco2)C1. The Morgan fingerprint density at radius 3 is 3.12 bits per heavy atom. The van der Waals surface area contributed by atoms with Gasteiger partial charge in [-0.2, -0.15) is 0 Å². The van der Waals surface area contributed by atoms with E-state index in [2.05, 4.69) is 0 Å². The van der Waals surface area contributed by atoms with Crippen LogP contribution in [0, 0.1) is 5.92 Å². The van der Waals surface area contributed by atoms with E-state index in [1.54, 1.807) is 17.2 Å². The van der Waals surface area contributed by atoms with Gasteiger partial charge < -0.3 is 14.1 Å². The summed E-state index contributed by atoms with van der Waals surface area (Å²) in [6.07, 6.45) is 2.53. The van der Waals surface area contributed by atoms with Gasteiger partial charge in [-0.25, -0.2) is 0 Å². The number of hydrogen-bond acceptors (Lipinski definition) is 4. The van der Waals surface area contributed by atoms with Gasteiger partial charge in [-0.1, -0.05) is 0 Å². The first-order valence-corrected chi connectivity index (χ1v) is 5.58. The number of amides is 1. The van der Waals surface area contributed by atoms with Crippen LogP contribution in [0.15, 0.2) is 22.8 Å². The van der Waals surface area contributed by atoms with Gasteiger partial charge in [-0.15, -0.1) is 0 Å². The van der Waals surface area contributed by atoms with Gasteiger partial charge in [0.15, 0.2) is 0 Å². The number of carbonyl (C=O) groups is 2. The lowest BCUT2D eigenvalue weighted by Crippen LogP contribution is -2.42. The second-order valence-corrected chi connectivity index (χ2v) is 4.11. The third-order valence-electron chi connectivity index (χ3n) is 2.96. The molecule has 1 amide bonds. The van der Waals surface area contributed by atoms with Crippen LogP contribution in [-0.4, -0.2) is 30.4 Å². The van der Waals surface area contributed by atoms with Crippen molar-refractivity contribution >= 4 is 11.9 Å². The van der Waals surface area contributed by atoms with Crippen LogP contribution in [0.3, 0.4) is 0 Å². The highest BCUT2D eigenvalue weighted by Crippen LogP contribution is 2.20. The van der Waals surface area contributed by atoms with Gasteiger partial charge in [0.2, 0.25) is 5.91 Å². The molecule has 1 aliphatic rings. The van der Waals surface area contributed by atoms with E-state index in [1.165, 1.54) is 7.11 Å². The average Bonchev–Trinajstić information content (AvgIpc) is 2.84. The number of carbonyl (C=O) groups excluding carboxylic acids is 2. The Labute approximate surface area is 99.3 Å². The number of esters is 1. The van der Waals surface area contributed by atoms with Gasteiger partial charge in [-0.3, -0.25) is 9.59 Å². The predicted octanol–water partition coefficient (Wildman–Crippen LogP) is 1.19. The first kappa shape index (κ1) is 11.7. The molecule has 1 aliphatic heterocycles. The van der Waals surface area contributed by atoms with Crippen LogP contribution in [0.1, 0.15) is 18.6 Å². The second kappa shape index (κ2) is 5.03. The number of piperidine rings is 1. The molecule has 1 fully saturated rings. The van der Waals surface area contributed by atoms with Crippen LogP contribution in [0.5, 0.6) is 0 Å². The number of likely N-dealkylation sites (tertiary alicyclic amines) is 1. The molecule has 0 spiro atoms. The molecule has 1 atom stereocenters. The minimum Gasteiger partial charge on any atom is -0.469 e. The molecule has 2 heterocycles. The summed E-state index contributed by atoms with van der Waals surface area (Å²) in [6, 6.07) is 3.59. The van der Waals surface area contributed by atoms with E-state index in [1.807, 2.05) is 6.07 Å². The number of nitrogens with zero attached hydrogens (tertiary/aromatic N) is 1. The standard InChI is InChI=1S/C12H15NO4/c1-16-12(15)9-4-5-11(14)13(7-9)8-10-3-2-6-17-10/h2-3,6,9H,4-5,7-8H2,1H3/t9-/m0/s1. The van der Waals surface area contributed by atoms with Crippen LogP contribution < -0.4 is 0 Å². The lowest BCUT2D eigenvalue weighted by Gasteiger charge is -2.30. The minimum atomic E-state index is -0.248. The fourth-order valence-corrected chi connectivity index (χ4v) is 2.02. The first-order valence-electron chi connectivity index (χ1n) is 5.58. The molecule has 0 bridgehead atoms. The summed E-state index contributed by atoms with van der Waals surface area (Å²) in [7, 11) is 1.37. The van der Waals surface area contributed by atoms with Crippen molar-refractivity contribution in [3.8, 4) is 0 Å². The summed E-state index contributed by atoms with van der Waals surface area (Å²) in [4.78, 5) is 24.8. The first-order chi connectivity index (χ1) is 8.20. The Morgan fingerprint density at radius 1 is 1.65 bits per heavy atom. The van der Waals surface area contributed by atoms with Gasteiger partial charge in [0.1, 0.15) is 5.76 Å². The Kier molecular flexibility index (Phi) is 3.46. The van der Waals surface area contributed by atoms with E-state index >= 15 is 0 Å². The number of methoxy groups -OCH3 is 1. The molecule has 0 aromatic carbocycles. The summed E-state index contributed by atoms with van der Waals surface area (Å²) < 4.78 is 9.90. The zero-order valence-corrected chi connectivity index (χ0v) is 9.72. The van der Waals surface area contributed by atoms with Crippen molar-refractivity contribution in [3.63, 3.8) is 0 Å². The van der Waals surface area contributed by atoms with E-state index in [9.17, 15) is 9.59 Å². The summed E-state index contributed by atoms with van der Waals surface area (Å²) >= 11 is 0.